The summed E-state index contributed by atoms with van der Waals surface area (Å²) in [6, 6.07) is 2.79. The summed E-state index contributed by atoms with van der Waals surface area (Å²) in [6.45, 7) is 5.47. The Kier molecular flexibility index (Phi) is 9.70. The summed E-state index contributed by atoms with van der Waals surface area (Å²) in [4.78, 5) is 40.4. The molecular weight excluding hydrogens is 570 g/mol. The molecule has 13 heteroatoms. The molecule has 43 heavy (non-hydrogen) atoms. The van der Waals surface area contributed by atoms with Gasteiger partial charge < -0.3 is 20.3 Å². The van der Waals surface area contributed by atoms with E-state index in [0.717, 1.165) is 38.8 Å². The number of nitrogens with zero attached hydrogens (tertiary/aromatic N) is 3. The van der Waals surface area contributed by atoms with Crippen LogP contribution in [0.3, 0.4) is 0 Å². The van der Waals surface area contributed by atoms with Gasteiger partial charge >= 0.3 is 6.18 Å². The Morgan fingerprint density at radius 3 is 2.28 bits per heavy atom. The zero-order valence-corrected chi connectivity index (χ0v) is 25.0. The summed E-state index contributed by atoms with van der Waals surface area (Å²) in [5, 5.41) is 9.73. The van der Waals surface area contributed by atoms with Crippen LogP contribution in [-0.4, -0.2) is 64.8 Å². The standard InChI is InChI=1S/C30H39F4N5O4/c1-6-43-24-14-22(21(31)13-20(24)17(4)29(42)38(5)15-30(32,33)34)36-28(41)26(25(18-7-8-18)19-9-10-19)37-27(40)23-11-12-35-39(23)16(2)3/h11-14,16-19,25-26H,6-10,15H2,1-5H3,(H,36,41)(H,37,40)/t17?,26-/m0/s1. The van der Waals surface area contributed by atoms with Crippen molar-refractivity contribution < 1.29 is 36.7 Å². The van der Waals surface area contributed by atoms with E-state index in [9.17, 15) is 27.6 Å². The predicted molar refractivity (Wildman–Crippen MR) is 151 cm³/mol. The summed E-state index contributed by atoms with van der Waals surface area (Å²) in [6.07, 6.45) is 0.690. The lowest BCUT2D eigenvalue weighted by Crippen LogP contribution is -2.50. The van der Waals surface area contributed by atoms with Gasteiger partial charge in [0.05, 0.1) is 18.2 Å². The van der Waals surface area contributed by atoms with Gasteiger partial charge in [-0.05, 0) is 83.3 Å². The fourth-order valence-electron chi connectivity index (χ4n) is 5.65. The second-order valence-corrected chi connectivity index (χ2v) is 11.8. The van der Waals surface area contributed by atoms with E-state index < -0.39 is 48.2 Å². The van der Waals surface area contributed by atoms with Crippen LogP contribution in [0.15, 0.2) is 24.4 Å². The molecule has 2 saturated carbocycles. The molecule has 0 spiro atoms. The maximum atomic E-state index is 15.5. The van der Waals surface area contributed by atoms with Gasteiger partial charge in [0.25, 0.3) is 5.91 Å². The number of halogens is 4. The van der Waals surface area contributed by atoms with E-state index in [4.69, 9.17) is 4.74 Å². The third-order valence-electron chi connectivity index (χ3n) is 7.97. The van der Waals surface area contributed by atoms with Crippen molar-refractivity contribution in [3.63, 3.8) is 0 Å². The van der Waals surface area contributed by atoms with Gasteiger partial charge in [-0.25, -0.2) is 4.39 Å². The van der Waals surface area contributed by atoms with Gasteiger partial charge in [-0.3, -0.25) is 19.1 Å². The van der Waals surface area contributed by atoms with E-state index in [1.54, 1.807) is 17.7 Å². The van der Waals surface area contributed by atoms with Crippen LogP contribution in [0.4, 0.5) is 23.2 Å². The fourth-order valence-corrected chi connectivity index (χ4v) is 5.65. The highest BCUT2D eigenvalue weighted by molar-refractivity contribution is 6.01. The van der Waals surface area contributed by atoms with Crippen molar-refractivity contribution in [1.29, 1.82) is 0 Å². The number of anilines is 1. The molecule has 2 N–H and O–H groups in total. The molecule has 1 aromatic carbocycles. The zero-order valence-electron chi connectivity index (χ0n) is 25.0. The summed E-state index contributed by atoms with van der Waals surface area (Å²) in [7, 11) is 1.02. The predicted octanol–water partition coefficient (Wildman–Crippen LogP) is 5.30. The molecule has 0 bridgehead atoms. The van der Waals surface area contributed by atoms with Crippen LogP contribution >= 0.6 is 0 Å². The van der Waals surface area contributed by atoms with E-state index in [1.807, 2.05) is 13.8 Å². The molecule has 0 aliphatic heterocycles. The van der Waals surface area contributed by atoms with Crippen molar-refractivity contribution in [2.75, 3.05) is 25.5 Å². The van der Waals surface area contributed by atoms with Crippen LogP contribution in [0.1, 0.15) is 81.4 Å². The lowest BCUT2D eigenvalue weighted by Gasteiger charge is -2.28. The van der Waals surface area contributed by atoms with Crippen LogP contribution in [0.25, 0.3) is 0 Å². The summed E-state index contributed by atoms with van der Waals surface area (Å²) in [5.41, 5.74) is 0.135. The molecule has 4 rings (SSSR count). The van der Waals surface area contributed by atoms with Crippen molar-refractivity contribution in [3.8, 4) is 5.75 Å². The van der Waals surface area contributed by atoms with Gasteiger partial charge in [-0.15, -0.1) is 0 Å². The first-order valence-electron chi connectivity index (χ1n) is 14.6. The van der Waals surface area contributed by atoms with Gasteiger partial charge in [0, 0.05) is 30.9 Å². The molecule has 9 nitrogen and oxygen atoms in total. The first-order chi connectivity index (χ1) is 20.2. The Balaban J connectivity index is 1.60. The molecule has 236 valence electrons. The molecule has 1 unspecified atom stereocenters. The van der Waals surface area contributed by atoms with Crippen LogP contribution in [0.5, 0.6) is 5.75 Å². The smallest absolute Gasteiger partial charge is 0.406 e. The molecule has 1 heterocycles. The second kappa shape index (κ2) is 12.9. The fraction of sp³-hybridized carbons (Fsp3) is 0.600. The highest BCUT2D eigenvalue weighted by Crippen LogP contribution is 2.51. The topological polar surface area (TPSA) is 106 Å². The number of likely N-dealkylation sites (N-methyl/N-ethyl adjacent to an activating group) is 1. The van der Waals surface area contributed by atoms with Crippen LogP contribution in [0.2, 0.25) is 0 Å². The lowest BCUT2D eigenvalue weighted by atomic mass is 9.88. The van der Waals surface area contributed by atoms with Crippen molar-refractivity contribution in [1.82, 2.24) is 20.0 Å². The van der Waals surface area contributed by atoms with Crippen LogP contribution in [0, 0.1) is 23.6 Å². The number of amides is 3. The van der Waals surface area contributed by atoms with Crippen molar-refractivity contribution in [2.24, 2.45) is 17.8 Å². The molecule has 2 aliphatic carbocycles. The molecule has 3 amide bonds. The molecule has 0 radical (unpaired) electrons. The van der Waals surface area contributed by atoms with Crippen LogP contribution in [-0.2, 0) is 9.59 Å². The minimum atomic E-state index is -4.59. The number of ether oxygens (including phenoxy) is 1. The number of nitrogens with one attached hydrogen (secondary N) is 2. The third kappa shape index (κ3) is 7.85. The number of carbonyl (C=O) groups excluding carboxylic acids is 3. The van der Waals surface area contributed by atoms with Gasteiger partial charge in [0.15, 0.2) is 0 Å². The highest BCUT2D eigenvalue weighted by Gasteiger charge is 2.48. The quantitative estimate of drug-likeness (QED) is 0.300. The minimum absolute atomic E-state index is 0.0528. The Hall–Kier alpha value is -3.64. The Bertz CT molecular complexity index is 1320. The molecule has 2 atom stereocenters. The minimum Gasteiger partial charge on any atom is -0.493 e. The van der Waals surface area contributed by atoms with E-state index in [2.05, 4.69) is 15.7 Å². The number of benzene rings is 1. The average Bonchev–Trinajstić information content (AvgIpc) is 3.87. The largest absolute Gasteiger partial charge is 0.493 e. The number of rotatable bonds is 13. The van der Waals surface area contributed by atoms with E-state index in [0.29, 0.717) is 10.6 Å². The van der Waals surface area contributed by atoms with Gasteiger partial charge in [-0.1, -0.05) is 0 Å². The van der Waals surface area contributed by atoms with Gasteiger partial charge in [0.2, 0.25) is 11.8 Å². The number of carbonyl (C=O) groups is 3. The molecule has 0 saturated heterocycles. The first kappa shape index (κ1) is 32.3. The zero-order chi connectivity index (χ0) is 31.6. The Morgan fingerprint density at radius 2 is 1.74 bits per heavy atom. The normalized spacial score (nSPS) is 16.6. The highest BCUT2D eigenvalue weighted by atomic mass is 19.4. The maximum Gasteiger partial charge on any atom is 0.406 e. The maximum absolute atomic E-state index is 15.5. The monoisotopic (exact) mass is 609 g/mol. The lowest BCUT2D eigenvalue weighted by molar-refractivity contribution is -0.159. The number of hydrogen-bond acceptors (Lipinski definition) is 5. The molecule has 1 aromatic heterocycles. The first-order valence-corrected chi connectivity index (χ1v) is 14.6. The molecular formula is C30H39F4N5O4. The summed E-state index contributed by atoms with van der Waals surface area (Å²) < 4.78 is 61.3. The van der Waals surface area contributed by atoms with Gasteiger partial charge in [-0.2, -0.15) is 18.3 Å². The Morgan fingerprint density at radius 1 is 1.12 bits per heavy atom. The summed E-state index contributed by atoms with van der Waals surface area (Å²) >= 11 is 0. The van der Waals surface area contributed by atoms with Crippen molar-refractivity contribution >= 4 is 23.4 Å². The Labute approximate surface area is 248 Å². The second-order valence-electron chi connectivity index (χ2n) is 11.8. The third-order valence-corrected chi connectivity index (χ3v) is 7.97. The summed E-state index contributed by atoms with van der Waals surface area (Å²) in [5.74, 6) is -3.47. The van der Waals surface area contributed by atoms with Gasteiger partial charge in [0.1, 0.15) is 29.8 Å². The van der Waals surface area contributed by atoms with E-state index >= 15 is 4.39 Å². The van der Waals surface area contributed by atoms with E-state index in [-0.39, 0.29) is 47.4 Å². The molecule has 2 aliphatic rings. The number of alkyl halides is 3. The van der Waals surface area contributed by atoms with Crippen LogP contribution < -0.4 is 15.4 Å². The van der Waals surface area contributed by atoms with E-state index in [1.165, 1.54) is 19.2 Å². The van der Waals surface area contributed by atoms with Crippen molar-refractivity contribution in [3.05, 3.63) is 41.5 Å². The molecule has 2 fully saturated rings. The molecule has 2 aromatic rings. The number of hydrogen-bond donors (Lipinski definition) is 2. The van der Waals surface area contributed by atoms with Crippen molar-refractivity contribution in [2.45, 2.75) is 77.6 Å². The average molecular weight is 610 g/mol. The SMILES string of the molecule is CCOc1cc(NC(=O)[C@@H](NC(=O)c2ccnn2C(C)C)C(C2CC2)C2CC2)c(F)cc1C(C)C(=O)N(C)CC(F)(F)F. The number of aromatic nitrogens is 2.